The van der Waals surface area contributed by atoms with E-state index in [0.29, 0.717) is 11.5 Å². The van der Waals surface area contributed by atoms with Crippen molar-refractivity contribution < 1.29 is 9.21 Å². The molecule has 1 aliphatic heterocycles. The van der Waals surface area contributed by atoms with Crippen molar-refractivity contribution in [3.8, 4) is 0 Å². The molecule has 5 heteroatoms. The zero-order valence-corrected chi connectivity index (χ0v) is 14.3. The topological polar surface area (TPSA) is 58.4 Å². The standard InChI is InChI=1S/C20H21N3O2/c1-14-21-18-12-17(7-8-19(18)25-14)22-20(24)16-6-4-5-15(11-16)13-23-9-2-3-10-23/h4-8,11-12H,2-3,9-10,13H2,1H3,(H,22,24). The molecule has 4 rings (SSSR count). The Morgan fingerprint density at radius 1 is 1.20 bits per heavy atom. The van der Waals surface area contributed by atoms with Crippen LogP contribution in [0.15, 0.2) is 46.9 Å². The van der Waals surface area contributed by atoms with Crippen LogP contribution in [0, 0.1) is 6.92 Å². The van der Waals surface area contributed by atoms with E-state index < -0.39 is 0 Å². The Hall–Kier alpha value is -2.66. The summed E-state index contributed by atoms with van der Waals surface area (Å²) < 4.78 is 5.46. The van der Waals surface area contributed by atoms with Gasteiger partial charge >= 0.3 is 0 Å². The van der Waals surface area contributed by atoms with Gasteiger partial charge in [-0.15, -0.1) is 0 Å². The molecule has 1 aliphatic rings. The molecule has 0 saturated carbocycles. The molecule has 3 aromatic rings. The predicted octanol–water partition coefficient (Wildman–Crippen LogP) is 3.98. The number of hydrogen-bond donors (Lipinski definition) is 1. The third-order valence-electron chi connectivity index (χ3n) is 4.55. The molecule has 1 N–H and O–H groups in total. The van der Waals surface area contributed by atoms with Crippen molar-refractivity contribution in [3.05, 3.63) is 59.5 Å². The Morgan fingerprint density at radius 2 is 2.04 bits per heavy atom. The molecule has 0 radical (unpaired) electrons. The highest BCUT2D eigenvalue weighted by atomic mass is 16.3. The van der Waals surface area contributed by atoms with Gasteiger partial charge in [0.05, 0.1) is 0 Å². The van der Waals surface area contributed by atoms with Gasteiger partial charge in [0.15, 0.2) is 11.5 Å². The van der Waals surface area contributed by atoms with E-state index in [2.05, 4.69) is 21.3 Å². The SMILES string of the molecule is Cc1nc2cc(NC(=O)c3cccc(CN4CCCC4)c3)ccc2o1. The van der Waals surface area contributed by atoms with Crippen LogP contribution in [-0.4, -0.2) is 28.9 Å². The van der Waals surface area contributed by atoms with Crippen molar-refractivity contribution in [1.82, 2.24) is 9.88 Å². The van der Waals surface area contributed by atoms with E-state index in [1.54, 1.807) is 0 Å². The average molecular weight is 335 g/mol. The number of aryl methyl sites for hydroxylation is 1. The van der Waals surface area contributed by atoms with Crippen LogP contribution in [0.3, 0.4) is 0 Å². The number of amides is 1. The van der Waals surface area contributed by atoms with Gasteiger partial charge in [-0.2, -0.15) is 0 Å². The lowest BCUT2D eigenvalue weighted by Crippen LogP contribution is -2.19. The Kier molecular flexibility index (Phi) is 4.24. The Bertz CT molecular complexity index is 910. The van der Waals surface area contributed by atoms with E-state index >= 15 is 0 Å². The number of likely N-dealkylation sites (tertiary alicyclic amines) is 1. The summed E-state index contributed by atoms with van der Waals surface area (Å²) in [5.41, 5.74) is 4.04. The molecule has 1 amide bonds. The molecule has 1 saturated heterocycles. The van der Waals surface area contributed by atoms with Crippen molar-refractivity contribution >= 4 is 22.7 Å². The van der Waals surface area contributed by atoms with Gasteiger partial charge < -0.3 is 9.73 Å². The van der Waals surface area contributed by atoms with E-state index in [-0.39, 0.29) is 5.91 Å². The molecule has 2 heterocycles. The number of aromatic nitrogens is 1. The molecule has 0 bridgehead atoms. The van der Waals surface area contributed by atoms with Crippen LogP contribution in [0.25, 0.3) is 11.1 Å². The summed E-state index contributed by atoms with van der Waals surface area (Å²) >= 11 is 0. The lowest BCUT2D eigenvalue weighted by atomic mass is 10.1. The molecule has 0 unspecified atom stereocenters. The average Bonchev–Trinajstić information content (AvgIpc) is 3.23. The molecule has 0 atom stereocenters. The van der Waals surface area contributed by atoms with E-state index in [9.17, 15) is 4.79 Å². The third kappa shape index (κ3) is 3.56. The van der Waals surface area contributed by atoms with Crippen LogP contribution in [0.2, 0.25) is 0 Å². The van der Waals surface area contributed by atoms with Crippen LogP contribution >= 0.6 is 0 Å². The molecule has 1 fully saturated rings. The Labute approximate surface area is 146 Å². The van der Waals surface area contributed by atoms with Gasteiger partial charge in [0, 0.05) is 24.7 Å². The largest absolute Gasteiger partial charge is 0.441 e. The third-order valence-corrected chi connectivity index (χ3v) is 4.55. The molecular formula is C20H21N3O2. The van der Waals surface area contributed by atoms with Crippen LogP contribution in [0.1, 0.15) is 34.7 Å². The molecule has 25 heavy (non-hydrogen) atoms. The fourth-order valence-electron chi connectivity index (χ4n) is 3.33. The first kappa shape index (κ1) is 15.8. The number of hydrogen-bond acceptors (Lipinski definition) is 4. The zero-order chi connectivity index (χ0) is 17.2. The first-order valence-electron chi connectivity index (χ1n) is 8.67. The maximum absolute atomic E-state index is 12.6. The minimum absolute atomic E-state index is 0.108. The highest BCUT2D eigenvalue weighted by molar-refractivity contribution is 6.05. The van der Waals surface area contributed by atoms with Crippen molar-refractivity contribution in [2.75, 3.05) is 18.4 Å². The second-order valence-corrected chi connectivity index (χ2v) is 6.55. The number of oxazole rings is 1. The molecule has 5 nitrogen and oxygen atoms in total. The maximum Gasteiger partial charge on any atom is 0.255 e. The lowest BCUT2D eigenvalue weighted by Gasteiger charge is -2.15. The zero-order valence-electron chi connectivity index (χ0n) is 14.3. The summed E-state index contributed by atoms with van der Waals surface area (Å²) in [6.07, 6.45) is 2.54. The van der Waals surface area contributed by atoms with Gasteiger partial charge in [-0.25, -0.2) is 4.98 Å². The highest BCUT2D eigenvalue weighted by Crippen LogP contribution is 2.20. The minimum Gasteiger partial charge on any atom is -0.441 e. The summed E-state index contributed by atoms with van der Waals surface area (Å²) in [4.78, 5) is 19.3. The highest BCUT2D eigenvalue weighted by Gasteiger charge is 2.13. The summed E-state index contributed by atoms with van der Waals surface area (Å²) in [6.45, 7) is 5.01. The summed E-state index contributed by atoms with van der Waals surface area (Å²) in [5.74, 6) is 0.510. The fourth-order valence-corrected chi connectivity index (χ4v) is 3.33. The number of nitrogens with zero attached hydrogens (tertiary/aromatic N) is 2. The van der Waals surface area contributed by atoms with Gasteiger partial charge in [0.25, 0.3) is 5.91 Å². The number of carbonyl (C=O) groups excluding carboxylic acids is 1. The first-order valence-corrected chi connectivity index (χ1v) is 8.67. The van der Waals surface area contributed by atoms with Crippen LogP contribution in [0.5, 0.6) is 0 Å². The maximum atomic E-state index is 12.6. The van der Waals surface area contributed by atoms with Gasteiger partial charge in [-0.3, -0.25) is 9.69 Å². The van der Waals surface area contributed by atoms with E-state index in [1.807, 2.05) is 43.3 Å². The van der Waals surface area contributed by atoms with Crippen molar-refractivity contribution in [1.29, 1.82) is 0 Å². The number of fused-ring (bicyclic) bond motifs is 1. The number of anilines is 1. The van der Waals surface area contributed by atoms with Crippen molar-refractivity contribution in [2.45, 2.75) is 26.3 Å². The first-order chi connectivity index (χ1) is 12.2. The van der Waals surface area contributed by atoms with Crippen LogP contribution < -0.4 is 5.32 Å². The van der Waals surface area contributed by atoms with E-state index in [0.717, 1.165) is 36.4 Å². The van der Waals surface area contributed by atoms with Gasteiger partial charge in [0.2, 0.25) is 0 Å². The van der Waals surface area contributed by atoms with Crippen molar-refractivity contribution in [3.63, 3.8) is 0 Å². The predicted molar refractivity (Wildman–Crippen MR) is 97.7 cm³/mol. The van der Waals surface area contributed by atoms with Gasteiger partial charge in [0.1, 0.15) is 5.52 Å². The van der Waals surface area contributed by atoms with Gasteiger partial charge in [-0.05, 0) is 61.8 Å². The molecule has 2 aromatic carbocycles. The van der Waals surface area contributed by atoms with E-state index in [4.69, 9.17) is 4.42 Å². The quantitative estimate of drug-likeness (QED) is 0.783. The van der Waals surface area contributed by atoms with Crippen LogP contribution in [0.4, 0.5) is 5.69 Å². The number of nitrogens with one attached hydrogen (secondary N) is 1. The minimum atomic E-state index is -0.108. The monoisotopic (exact) mass is 335 g/mol. The normalized spacial score (nSPS) is 14.9. The fraction of sp³-hybridized carbons (Fsp3) is 0.300. The van der Waals surface area contributed by atoms with Crippen LogP contribution in [-0.2, 0) is 6.54 Å². The van der Waals surface area contributed by atoms with E-state index in [1.165, 1.54) is 18.4 Å². The molecular weight excluding hydrogens is 314 g/mol. The summed E-state index contributed by atoms with van der Waals surface area (Å²) in [5, 5.41) is 2.95. The Morgan fingerprint density at radius 3 is 2.88 bits per heavy atom. The Balaban J connectivity index is 1.49. The van der Waals surface area contributed by atoms with Gasteiger partial charge in [-0.1, -0.05) is 12.1 Å². The van der Waals surface area contributed by atoms with Crippen molar-refractivity contribution in [2.24, 2.45) is 0 Å². The summed E-state index contributed by atoms with van der Waals surface area (Å²) in [7, 11) is 0. The lowest BCUT2D eigenvalue weighted by molar-refractivity contribution is 0.102. The second-order valence-electron chi connectivity index (χ2n) is 6.55. The molecule has 1 aromatic heterocycles. The summed E-state index contributed by atoms with van der Waals surface area (Å²) in [6, 6.07) is 13.4. The smallest absolute Gasteiger partial charge is 0.255 e. The number of rotatable bonds is 4. The number of benzene rings is 2. The molecule has 0 aliphatic carbocycles. The molecule has 128 valence electrons. The number of carbonyl (C=O) groups is 1. The molecule has 0 spiro atoms. The second kappa shape index (κ2) is 6.69.